The third-order valence-electron chi connectivity index (χ3n) is 3.72. The summed E-state index contributed by atoms with van der Waals surface area (Å²) in [4.78, 5) is 14.5. The Balaban J connectivity index is 1.91. The predicted octanol–water partition coefficient (Wildman–Crippen LogP) is 3.25. The molecule has 1 amide bonds. The number of nitrogen functional groups attached to an aromatic ring is 1. The second kappa shape index (κ2) is 5.87. The predicted molar refractivity (Wildman–Crippen MR) is 85.7 cm³/mol. The van der Waals surface area contributed by atoms with Gasteiger partial charge in [-0.3, -0.25) is 4.79 Å². The highest BCUT2D eigenvalue weighted by Gasteiger charge is 2.22. The number of benzene rings is 2. The quantitative estimate of drug-likeness (QED) is 0.849. The van der Waals surface area contributed by atoms with Crippen molar-refractivity contribution < 1.29 is 4.79 Å². The van der Waals surface area contributed by atoms with Crippen LogP contribution in [0.2, 0.25) is 0 Å². The maximum Gasteiger partial charge on any atom is 0.256 e. The maximum atomic E-state index is 12.6. The highest BCUT2D eigenvalue weighted by molar-refractivity contribution is 6.01. The van der Waals surface area contributed by atoms with E-state index in [1.165, 1.54) is 0 Å². The lowest BCUT2D eigenvalue weighted by molar-refractivity contribution is 0.0794. The number of amides is 1. The fourth-order valence-corrected chi connectivity index (χ4v) is 2.62. The monoisotopic (exact) mass is 281 g/mol. The largest absolute Gasteiger partial charge is 0.399 e. The van der Waals surface area contributed by atoms with E-state index < -0.39 is 0 Å². The first-order chi connectivity index (χ1) is 10.2. The van der Waals surface area contributed by atoms with E-state index in [0.717, 1.165) is 37.3 Å². The second-order valence-corrected chi connectivity index (χ2v) is 5.30. The van der Waals surface area contributed by atoms with E-state index >= 15 is 0 Å². The SMILES string of the molecule is Nc1ccc(Nc2ccccc2)c(C(=O)N2CCCC2)c1. The molecule has 0 spiro atoms. The lowest BCUT2D eigenvalue weighted by Gasteiger charge is -2.19. The van der Waals surface area contributed by atoms with Crippen molar-refractivity contribution in [2.45, 2.75) is 12.8 Å². The Morgan fingerprint density at radius 2 is 1.76 bits per heavy atom. The van der Waals surface area contributed by atoms with Crippen LogP contribution in [0.3, 0.4) is 0 Å². The van der Waals surface area contributed by atoms with Crippen LogP contribution >= 0.6 is 0 Å². The summed E-state index contributed by atoms with van der Waals surface area (Å²) in [5.74, 6) is 0.0539. The Labute approximate surface area is 124 Å². The van der Waals surface area contributed by atoms with Crippen LogP contribution in [0.25, 0.3) is 0 Å². The normalized spacial score (nSPS) is 14.2. The molecule has 0 radical (unpaired) electrons. The third-order valence-corrected chi connectivity index (χ3v) is 3.72. The molecule has 0 saturated carbocycles. The zero-order valence-corrected chi connectivity index (χ0v) is 11.9. The number of likely N-dealkylation sites (tertiary alicyclic amines) is 1. The minimum atomic E-state index is 0.0539. The van der Waals surface area contributed by atoms with Gasteiger partial charge >= 0.3 is 0 Å². The molecule has 1 heterocycles. The molecular weight excluding hydrogens is 262 g/mol. The zero-order chi connectivity index (χ0) is 14.7. The number of anilines is 3. The molecule has 3 N–H and O–H groups in total. The minimum absolute atomic E-state index is 0.0539. The van der Waals surface area contributed by atoms with Crippen molar-refractivity contribution in [1.82, 2.24) is 4.90 Å². The Hall–Kier alpha value is -2.49. The molecule has 0 unspecified atom stereocenters. The number of hydrogen-bond acceptors (Lipinski definition) is 3. The second-order valence-electron chi connectivity index (χ2n) is 5.30. The summed E-state index contributed by atoms with van der Waals surface area (Å²) in [7, 11) is 0. The molecule has 1 saturated heterocycles. The van der Waals surface area contributed by atoms with Gasteiger partial charge in [-0.1, -0.05) is 18.2 Å². The highest BCUT2D eigenvalue weighted by Crippen LogP contribution is 2.25. The van der Waals surface area contributed by atoms with Crippen molar-refractivity contribution in [2.24, 2.45) is 0 Å². The molecule has 4 nitrogen and oxygen atoms in total. The van der Waals surface area contributed by atoms with Crippen LogP contribution in [-0.4, -0.2) is 23.9 Å². The number of nitrogens with two attached hydrogens (primary N) is 1. The van der Waals surface area contributed by atoms with Gasteiger partial charge in [0.1, 0.15) is 0 Å². The number of carbonyl (C=O) groups excluding carboxylic acids is 1. The van der Waals surface area contributed by atoms with Crippen LogP contribution in [0.15, 0.2) is 48.5 Å². The summed E-state index contributed by atoms with van der Waals surface area (Å²) in [6, 6.07) is 15.3. The lowest BCUT2D eigenvalue weighted by atomic mass is 10.1. The number of nitrogens with one attached hydrogen (secondary N) is 1. The molecular formula is C17H19N3O. The molecule has 0 bridgehead atoms. The van der Waals surface area contributed by atoms with Gasteiger partial charge in [-0.05, 0) is 43.2 Å². The first-order valence-corrected chi connectivity index (χ1v) is 7.25. The number of para-hydroxylation sites is 1. The van der Waals surface area contributed by atoms with Crippen LogP contribution in [0.4, 0.5) is 17.1 Å². The smallest absolute Gasteiger partial charge is 0.256 e. The molecule has 4 heteroatoms. The Morgan fingerprint density at radius 3 is 2.48 bits per heavy atom. The van der Waals surface area contributed by atoms with Gasteiger partial charge in [0.2, 0.25) is 0 Å². The summed E-state index contributed by atoms with van der Waals surface area (Å²) < 4.78 is 0. The summed E-state index contributed by atoms with van der Waals surface area (Å²) in [5.41, 5.74) is 8.86. The van der Waals surface area contributed by atoms with Gasteiger partial charge in [-0.15, -0.1) is 0 Å². The molecule has 0 aliphatic carbocycles. The van der Waals surface area contributed by atoms with Crippen molar-refractivity contribution in [3.05, 3.63) is 54.1 Å². The number of rotatable bonds is 3. The standard InChI is InChI=1S/C17H19N3O/c18-13-8-9-16(19-14-6-2-1-3-7-14)15(12-13)17(21)20-10-4-5-11-20/h1-3,6-9,12,19H,4-5,10-11,18H2. The van der Waals surface area contributed by atoms with Crippen molar-refractivity contribution in [3.8, 4) is 0 Å². The molecule has 108 valence electrons. The molecule has 1 fully saturated rings. The van der Waals surface area contributed by atoms with E-state index in [1.807, 2.05) is 47.4 Å². The number of nitrogens with zero attached hydrogens (tertiary/aromatic N) is 1. The van der Waals surface area contributed by atoms with Gasteiger partial charge in [0, 0.05) is 24.5 Å². The topological polar surface area (TPSA) is 58.4 Å². The molecule has 1 aliphatic heterocycles. The average Bonchev–Trinajstić information content (AvgIpc) is 3.04. The minimum Gasteiger partial charge on any atom is -0.399 e. The van der Waals surface area contributed by atoms with Gasteiger partial charge in [0.05, 0.1) is 11.3 Å². The number of hydrogen-bond donors (Lipinski definition) is 2. The van der Waals surface area contributed by atoms with E-state index in [9.17, 15) is 4.79 Å². The average molecular weight is 281 g/mol. The van der Waals surface area contributed by atoms with Gasteiger partial charge in [-0.25, -0.2) is 0 Å². The molecule has 21 heavy (non-hydrogen) atoms. The van der Waals surface area contributed by atoms with Gasteiger partial charge in [-0.2, -0.15) is 0 Å². The summed E-state index contributed by atoms with van der Waals surface area (Å²) in [6.07, 6.45) is 2.16. The van der Waals surface area contributed by atoms with Crippen LogP contribution < -0.4 is 11.1 Å². The molecule has 0 aromatic heterocycles. The van der Waals surface area contributed by atoms with Gasteiger partial charge < -0.3 is 16.0 Å². The highest BCUT2D eigenvalue weighted by atomic mass is 16.2. The summed E-state index contributed by atoms with van der Waals surface area (Å²) in [6.45, 7) is 1.66. The molecule has 2 aromatic carbocycles. The van der Waals surface area contributed by atoms with E-state index in [-0.39, 0.29) is 5.91 Å². The third kappa shape index (κ3) is 2.99. The van der Waals surface area contributed by atoms with E-state index in [2.05, 4.69) is 5.32 Å². The summed E-state index contributed by atoms with van der Waals surface area (Å²) >= 11 is 0. The van der Waals surface area contributed by atoms with E-state index in [1.54, 1.807) is 6.07 Å². The van der Waals surface area contributed by atoms with Crippen LogP contribution in [0, 0.1) is 0 Å². The first kappa shape index (κ1) is 13.5. The van der Waals surface area contributed by atoms with Crippen molar-refractivity contribution in [2.75, 3.05) is 24.1 Å². The van der Waals surface area contributed by atoms with Gasteiger partial charge in [0.25, 0.3) is 5.91 Å². The van der Waals surface area contributed by atoms with Crippen molar-refractivity contribution in [3.63, 3.8) is 0 Å². The van der Waals surface area contributed by atoms with Crippen LogP contribution in [0.5, 0.6) is 0 Å². The first-order valence-electron chi connectivity index (χ1n) is 7.25. The lowest BCUT2D eigenvalue weighted by Crippen LogP contribution is -2.28. The van der Waals surface area contributed by atoms with Crippen LogP contribution in [-0.2, 0) is 0 Å². The van der Waals surface area contributed by atoms with E-state index in [0.29, 0.717) is 11.3 Å². The fraction of sp³-hybridized carbons (Fsp3) is 0.235. The Bertz CT molecular complexity index is 634. The zero-order valence-electron chi connectivity index (χ0n) is 11.9. The summed E-state index contributed by atoms with van der Waals surface area (Å²) in [5, 5.41) is 3.30. The van der Waals surface area contributed by atoms with E-state index in [4.69, 9.17) is 5.73 Å². The van der Waals surface area contributed by atoms with Crippen molar-refractivity contribution in [1.29, 1.82) is 0 Å². The molecule has 3 rings (SSSR count). The van der Waals surface area contributed by atoms with Crippen molar-refractivity contribution >= 4 is 23.0 Å². The Kier molecular flexibility index (Phi) is 3.77. The maximum absolute atomic E-state index is 12.6. The fourth-order valence-electron chi connectivity index (χ4n) is 2.62. The molecule has 0 atom stereocenters. The van der Waals surface area contributed by atoms with Crippen LogP contribution in [0.1, 0.15) is 23.2 Å². The van der Waals surface area contributed by atoms with Gasteiger partial charge in [0.15, 0.2) is 0 Å². The molecule has 1 aliphatic rings. The molecule has 2 aromatic rings. The Morgan fingerprint density at radius 1 is 1.05 bits per heavy atom. The number of carbonyl (C=O) groups is 1.